The molecule has 0 fully saturated rings. The molecule has 1 aliphatic carbocycles. The maximum Gasteiger partial charge on any atom is 0.160 e. The summed E-state index contributed by atoms with van der Waals surface area (Å²) >= 11 is 0. The highest BCUT2D eigenvalue weighted by Gasteiger charge is 2.37. The molecule has 0 saturated carbocycles. The molecule has 0 N–H and O–H groups in total. The van der Waals surface area contributed by atoms with Crippen LogP contribution in [0.1, 0.15) is 25.0 Å². The zero-order chi connectivity index (χ0) is 29.0. The molecule has 0 bridgehead atoms. The second kappa shape index (κ2) is 9.85. The van der Waals surface area contributed by atoms with E-state index in [4.69, 9.17) is 9.97 Å². The molecular weight excluding hydrogens is 522 g/mol. The molecule has 5 aromatic carbocycles. The molecule has 7 aromatic rings. The molecule has 204 valence electrons. The van der Waals surface area contributed by atoms with Gasteiger partial charge in [-0.15, -0.1) is 0 Å². The van der Waals surface area contributed by atoms with Crippen LogP contribution >= 0.6 is 0 Å². The average molecular weight is 552 g/mol. The number of aromatic nitrogens is 3. The van der Waals surface area contributed by atoms with Crippen LogP contribution in [0.4, 0.5) is 0 Å². The lowest BCUT2D eigenvalue weighted by atomic mass is 9.81. The fraction of sp³-hybridized carbons (Fsp3) is 0.0750. The normalized spacial score (nSPS) is 13.1. The lowest BCUT2D eigenvalue weighted by Gasteiger charge is -2.22. The summed E-state index contributed by atoms with van der Waals surface area (Å²) in [5, 5.41) is 2.54. The smallest absolute Gasteiger partial charge is 0.160 e. The molecule has 8 rings (SSSR count). The van der Waals surface area contributed by atoms with Crippen LogP contribution in [0.5, 0.6) is 0 Å². The summed E-state index contributed by atoms with van der Waals surface area (Å²) in [5.74, 6) is 0.685. The summed E-state index contributed by atoms with van der Waals surface area (Å²) < 4.78 is 0. The van der Waals surface area contributed by atoms with Gasteiger partial charge in [-0.3, -0.25) is 4.98 Å². The zero-order valence-electron chi connectivity index (χ0n) is 24.1. The van der Waals surface area contributed by atoms with Crippen LogP contribution in [0.2, 0.25) is 0 Å². The molecule has 43 heavy (non-hydrogen) atoms. The van der Waals surface area contributed by atoms with E-state index >= 15 is 0 Å². The van der Waals surface area contributed by atoms with Gasteiger partial charge in [-0.25, -0.2) is 9.97 Å². The summed E-state index contributed by atoms with van der Waals surface area (Å²) in [6.45, 7) is 4.69. The minimum atomic E-state index is -0.110. The average Bonchev–Trinajstić information content (AvgIpc) is 3.30. The first-order valence-electron chi connectivity index (χ1n) is 14.7. The number of benzene rings is 5. The van der Waals surface area contributed by atoms with Crippen molar-refractivity contribution in [2.45, 2.75) is 19.3 Å². The van der Waals surface area contributed by atoms with Gasteiger partial charge in [-0.2, -0.15) is 0 Å². The lowest BCUT2D eigenvalue weighted by Crippen LogP contribution is -2.14. The summed E-state index contributed by atoms with van der Waals surface area (Å²) in [7, 11) is 0. The Morgan fingerprint density at radius 2 is 1.14 bits per heavy atom. The van der Waals surface area contributed by atoms with Crippen molar-refractivity contribution >= 4 is 10.8 Å². The van der Waals surface area contributed by atoms with Gasteiger partial charge in [0, 0.05) is 22.7 Å². The highest BCUT2D eigenvalue weighted by atomic mass is 14.9. The molecule has 1 aliphatic rings. The maximum atomic E-state index is 5.15. The van der Waals surface area contributed by atoms with E-state index in [1.165, 1.54) is 38.6 Å². The van der Waals surface area contributed by atoms with E-state index in [1.807, 2.05) is 42.6 Å². The van der Waals surface area contributed by atoms with Crippen LogP contribution < -0.4 is 0 Å². The number of rotatable bonds is 4. The first-order chi connectivity index (χ1) is 21.1. The standard InChI is InChI=1S/C40H29N3/c1-40(2)33-20-12-19-31(38(33)32-23-27-15-6-7-16-28(27)24-34(32)40)29-17-8-9-18-30(29)36-25-37(35-21-10-11-22-41-35)43-39(42-36)26-13-4-3-5-14-26/h3-25H,1-2H3. The van der Waals surface area contributed by atoms with Crippen molar-refractivity contribution in [3.63, 3.8) is 0 Å². The van der Waals surface area contributed by atoms with Crippen LogP contribution in [0, 0.1) is 0 Å². The van der Waals surface area contributed by atoms with E-state index in [9.17, 15) is 0 Å². The monoisotopic (exact) mass is 551 g/mol. The summed E-state index contributed by atoms with van der Waals surface area (Å²) in [6, 6.07) is 47.0. The molecule has 0 saturated heterocycles. The third-order valence-corrected chi connectivity index (χ3v) is 8.74. The third kappa shape index (κ3) is 4.16. The van der Waals surface area contributed by atoms with Crippen LogP contribution in [0.3, 0.4) is 0 Å². The lowest BCUT2D eigenvalue weighted by molar-refractivity contribution is 0.661. The molecule has 2 heterocycles. The van der Waals surface area contributed by atoms with Gasteiger partial charge in [0.1, 0.15) is 0 Å². The molecule has 3 nitrogen and oxygen atoms in total. The molecular formula is C40H29N3. The van der Waals surface area contributed by atoms with Crippen LogP contribution in [0.15, 0.2) is 140 Å². The van der Waals surface area contributed by atoms with E-state index in [0.29, 0.717) is 5.82 Å². The van der Waals surface area contributed by atoms with Crippen molar-refractivity contribution in [3.05, 3.63) is 151 Å². The molecule has 3 heteroatoms. The van der Waals surface area contributed by atoms with Crippen LogP contribution in [0.25, 0.3) is 67.1 Å². The van der Waals surface area contributed by atoms with Crippen molar-refractivity contribution < 1.29 is 0 Å². The SMILES string of the molecule is CC1(C)c2cc3ccccc3cc2-c2c(-c3ccccc3-c3cc(-c4ccccn4)nc(-c4ccccc4)n3)cccc21. The van der Waals surface area contributed by atoms with Gasteiger partial charge in [0.05, 0.1) is 17.1 Å². The first-order valence-corrected chi connectivity index (χ1v) is 14.7. The maximum absolute atomic E-state index is 5.15. The Balaban J connectivity index is 1.37. The van der Waals surface area contributed by atoms with Crippen molar-refractivity contribution in [1.29, 1.82) is 0 Å². The minimum absolute atomic E-state index is 0.110. The Morgan fingerprint density at radius 1 is 0.465 bits per heavy atom. The number of nitrogens with zero attached hydrogens (tertiary/aromatic N) is 3. The number of pyridine rings is 1. The van der Waals surface area contributed by atoms with Crippen molar-refractivity contribution in [2.24, 2.45) is 0 Å². The van der Waals surface area contributed by atoms with Gasteiger partial charge >= 0.3 is 0 Å². The molecule has 0 aliphatic heterocycles. The van der Waals surface area contributed by atoms with Crippen molar-refractivity contribution in [1.82, 2.24) is 15.0 Å². The fourth-order valence-corrected chi connectivity index (χ4v) is 6.59. The Bertz CT molecular complexity index is 2090. The quantitative estimate of drug-likeness (QED) is 0.218. The first kappa shape index (κ1) is 25.3. The number of fused-ring (bicyclic) bond motifs is 4. The second-order valence-corrected chi connectivity index (χ2v) is 11.7. The van der Waals surface area contributed by atoms with Gasteiger partial charge in [0.25, 0.3) is 0 Å². The van der Waals surface area contributed by atoms with Gasteiger partial charge < -0.3 is 0 Å². The van der Waals surface area contributed by atoms with Crippen molar-refractivity contribution in [2.75, 3.05) is 0 Å². The largest absolute Gasteiger partial charge is 0.255 e. The highest BCUT2D eigenvalue weighted by molar-refractivity contribution is 6.00. The molecule has 0 unspecified atom stereocenters. The van der Waals surface area contributed by atoms with Crippen LogP contribution in [-0.4, -0.2) is 15.0 Å². The zero-order valence-corrected chi connectivity index (χ0v) is 24.1. The predicted molar refractivity (Wildman–Crippen MR) is 177 cm³/mol. The second-order valence-electron chi connectivity index (χ2n) is 11.7. The number of hydrogen-bond donors (Lipinski definition) is 0. The predicted octanol–water partition coefficient (Wildman–Crippen LogP) is 10.00. The summed E-state index contributed by atoms with van der Waals surface area (Å²) in [6.07, 6.45) is 1.81. The van der Waals surface area contributed by atoms with Gasteiger partial charge in [-0.05, 0) is 74.5 Å². The van der Waals surface area contributed by atoms with E-state index < -0.39 is 0 Å². The van der Waals surface area contributed by atoms with Gasteiger partial charge in [0.15, 0.2) is 5.82 Å². The highest BCUT2D eigenvalue weighted by Crippen LogP contribution is 2.53. The molecule has 0 atom stereocenters. The van der Waals surface area contributed by atoms with Gasteiger partial charge in [0.2, 0.25) is 0 Å². The molecule has 0 amide bonds. The van der Waals surface area contributed by atoms with E-state index in [0.717, 1.165) is 33.8 Å². The Labute approximate surface area is 251 Å². The van der Waals surface area contributed by atoms with Crippen LogP contribution in [-0.2, 0) is 5.41 Å². The van der Waals surface area contributed by atoms with E-state index in [2.05, 4.69) is 116 Å². The summed E-state index contributed by atoms with van der Waals surface area (Å²) in [4.78, 5) is 14.7. The Morgan fingerprint density at radius 3 is 1.93 bits per heavy atom. The van der Waals surface area contributed by atoms with E-state index in [1.54, 1.807) is 0 Å². The fourth-order valence-electron chi connectivity index (χ4n) is 6.59. The Hall–Kier alpha value is -5.41. The third-order valence-electron chi connectivity index (χ3n) is 8.74. The van der Waals surface area contributed by atoms with Crippen molar-refractivity contribution in [3.8, 4) is 56.3 Å². The minimum Gasteiger partial charge on any atom is -0.255 e. The number of hydrogen-bond acceptors (Lipinski definition) is 3. The Kier molecular flexibility index (Phi) is 5.80. The topological polar surface area (TPSA) is 38.7 Å². The van der Waals surface area contributed by atoms with Gasteiger partial charge in [-0.1, -0.05) is 117 Å². The molecule has 0 spiro atoms. The molecule has 2 aromatic heterocycles. The summed E-state index contributed by atoms with van der Waals surface area (Å²) in [5.41, 5.74) is 12.1. The molecule has 0 radical (unpaired) electrons. The van der Waals surface area contributed by atoms with E-state index in [-0.39, 0.29) is 5.41 Å².